The molecule has 1 aromatic carbocycles. The first-order valence-corrected chi connectivity index (χ1v) is 5.50. The zero-order valence-corrected chi connectivity index (χ0v) is 9.64. The second-order valence-electron chi connectivity index (χ2n) is 3.90. The van der Waals surface area contributed by atoms with Gasteiger partial charge in [-0.25, -0.2) is 0 Å². The molecule has 1 heterocycles. The lowest BCUT2D eigenvalue weighted by Gasteiger charge is -2.17. The van der Waals surface area contributed by atoms with Gasteiger partial charge in [0.2, 0.25) is 11.8 Å². The zero-order chi connectivity index (χ0) is 12.3. The van der Waals surface area contributed by atoms with Crippen molar-refractivity contribution in [1.82, 2.24) is 4.90 Å². The summed E-state index contributed by atoms with van der Waals surface area (Å²) in [7, 11) is 0. The van der Waals surface area contributed by atoms with Crippen LogP contribution in [0.2, 0.25) is 0 Å². The molecule has 0 radical (unpaired) electrons. The van der Waals surface area contributed by atoms with E-state index in [1.54, 1.807) is 13.0 Å². The van der Waals surface area contributed by atoms with Crippen LogP contribution in [0.1, 0.15) is 12.5 Å². The first-order chi connectivity index (χ1) is 8.20. The van der Waals surface area contributed by atoms with Gasteiger partial charge in [0.15, 0.2) is 0 Å². The lowest BCUT2D eigenvalue weighted by Crippen LogP contribution is -2.34. The molecule has 2 rings (SSSR count). The fourth-order valence-corrected chi connectivity index (χ4v) is 1.81. The van der Waals surface area contributed by atoms with Crippen molar-refractivity contribution in [2.45, 2.75) is 13.5 Å². The molecule has 2 amide bonds. The highest BCUT2D eigenvalue weighted by atomic mass is 16.2. The predicted molar refractivity (Wildman–Crippen MR) is 65.3 cm³/mol. The van der Waals surface area contributed by atoms with Crippen molar-refractivity contribution in [3.8, 4) is 0 Å². The topological polar surface area (TPSA) is 49.4 Å². The number of para-hydroxylation sites is 1. The van der Waals surface area contributed by atoms with Gasteiger partial charge in [-0.05, 0) is 24.6 Å². The molecule has 0 fully saturated rings. The van der Waals surface area contributed by atoms with E-state index < -0.39 is 0 Å². The summed E-state index contributed by atoms with van der Waals surface area (Å²) >= 11 is 0. The van der Waals surface area contributed by atoms with Gasteiger partial charge in [-0.2, -0.15) is 0 Å². The summed E-state index contributed by atoms with van der Waals surface area (Å²) < 4.78 is 0. The van der Waals surface area contributed by atoms with E-state index in [-0.39, 0.29) is 18.4 Å². The van der Waals surface area contributed by atoms with Crippen molar-refractivity contribution in [2.75, 3.05) is 11.9 Å². The minimum atomic E-state index is -0.159. The molecule has 0 aliphatic carbocycles. The van der Waals surface area contributed by atoms with Gasteiger partial charge in [-0.3, -0.25) is 9.59 Å². The average Bonchev–Trinajstić information content (AvgIpc) is 2.47. The van der Waals surface area contributed by atoms with E-state index in [4.69, 9.17) is 0 Å². The highest BCUT2D eigenvalue weighted by Gasteiger charge is 2.21. The molecule has 0 atom stereocenters. The van der Waals surface area contributed by atoms with E-state index in [9.17, 15) is 9.59 Å². The van der Waals surface area contributed by atoms with Gasteiger partial charge in [0.25, 0.3) is 0 Å². The minimum Gasteiger partial charge on any atom is -0.325 e. The van der Waals surface area contributed by atoms with Crippen molar-refractivity contribution in [1.29, 1.82) is 0 Å². The fraction of sp³-hybridized carbons (Fsp3) is 0.231. The molecule has 0 saturated carbocycles. The number of carbonyl (C=O) groups excluding carboxylic acids is 2. The van der Waals surface area contributed by atoms with Crippen LogP contribution in [0.3, 0.4) is 0 Å². The van der Waals surface area contributed by atoms with Gasteiger partial charge < -0.3 is 10.2 Å². The molecule has 0 spiro atoms. The monoisotopic (exact) mass is 230 g/mol. The van der Waals surface area contributed by atoms with E-state index in [2.05, 4.69) is 5.32 Å². The van der Waals surface area contributed by atoms with Crippen molar-refractivity contribution in [3.05, 3.63) is 42.0 Å². The smallest absolute Gasteiger partial charge is 0.246 e. The molecular weight excluding hydrogens is 216 g/mol. The van der Waals surface area contributed by atoms with Crippen molar-refractivity contribution in [2.24, 2.45) is 0 Å². The quantitative estimate of drug-likeness (QED) is 0.744. The van der Waals surface area contributed by atoms with Crippen LogP contribution in [-0.2, 0) is 16.1 Å². The average molecular weight is 230 g/mol. The van der Waals surface area contributed by atoms with E-state index in [1.165, 1.54) is 11.0 Å². The number of amides is 2. The summed E-state index contributed by atoms with van der Waals surface area (Å²) in [5.74, 6) is -0.299. The standard InChI is InChI=1S/C13H14N2O2/c1-2-5-13(17)15-8-10-6-3-4-7-11(10)14-12(16)9-15/h2-7H,8-9H2,1H3,(H,14,16). The van der Waals surface area contributed by atoms with Crippen molar-refractivity contribution in [3.63, 3.8) is 0 Å². The lowest BCUT2D eigenvalue weighted by molar-refractivity contribution is -0.130. The Hall–Kier alpha value is -2.10. The SMILES string of the molecule is CC=CC(=O)N1CC(=O)Nc2ccccc2C1. The Labute approximate surface area is 99.9 Å². The fourth-order valence-electron chi connectivity index (χ4n) is 1.81. The van der Waals surface area contributed by atoms with Crippen LogP contribution in [0, 0.1) is 0 Å². The van der Waals surface area contributed by atoms with Crippen LogP contribution >= 0.6 is 0 Å². The first kappa shape index (κ1) is 11.4. The number of anilines is 1. The molecule has 0 aromatic heterocycles. The second-order valence-corrected chi connectivity index (χ2v) is 3.90. The van der Waals surface area contributed by atoms with Gasteiger partial charge in [-0.15, -0.1) is 0 Å². The van der Waals surface area contributed by atoms with Gasteiger partial charge in [0.1, 0.15) is 6.54 Å². The highest BCUT2D eigenvalue weighted by Crippen LogP contribution is 2.20. The van der Waals surface area contributed by atoms with Gasteiger partial charge >= 0.3 is 0 Å². The maximum atomic E-state index is 11.8. The molecule has 0 saturated heterocycles. The molecule has 0 bridgehead atoms. The molecule has 17 heavy (non-hydrogen) atoms. The predicted octanol–water partition coefficient (Wildman–Crippen LogP) is 1.54. The van der Waals surface area contributed by atoms with Gasteiger partial charge in [0, 0.05) is 12.2 Å². The Morgan fingerprint density at radius 3 is 2.88 bits per heavy atom. The molecular formula is C13H14N2O2. The largest absolute Gasteiger partial charge is 0.325 e. The van der Waals surface area contributed by atoms with Crippen molar-refractivity contribution < 1.29 is 9.59 Å². The number of nitrogens with one attached hydrogen (secondary N) is 1. The third-order valence-corrected chi connectivity index (χ3v) is 2.61. The van der Waals surface area contributed by atoms with Crippen LogP contribution in [-0.4, -0.2) is 23.3 Å². The van der Waals surface area contributed by atoms with Crippen LogP contribution < -0.4 is 5.32 Å². The summed E-state index contributed by atoms with van der Waals surface area (Å²) in [6, 6.07) is 7.52. The second kappa shape index (κ2) is 4.82. The molecule has 1 aromatic rings. The summed E-state index contributed by atoms with van der Waals surface area (Å²) in [5, 5.41) is 2.79. The maximum Gasteiger partial charge on any atom is 0.246 e. The number of nitrogens with zero attached hydrogens (tertiary/aromatic N) is 1. The van der Waals surface area contributed by atoms with E-state index in [0.29, 0.717) is 6.54 Å². The molecule has 1 aliphatic rings. The molecule has 1 N–H and O–H groups in total. The first-order valence-electron chi connectivity index (χ1n) is 5.50. The Morgan fingerprint density at radius 1 is 1.35 bits per heavy atom. The summed E-state index contributed by atoms with van der Waals surface area (Å²) in [5.41, 5.74) is 1.74. The normalized spacial score (nSPS) is 15.4. The number of carbonyl (C=O) groups is 2. The Balaban J connectivity index is 2.29. The maximum absolute atomic E-state index is 11.8. The van der Waals surface area contributed by atoms with Gasteiger partial charge in [0.05, 0.1) is 0 Å². The third-order valence-electron chi connectivity index (χ3n) is 2.61. The Bertz CT molecular complexity index is 480. The van der Waals surface area contributed by atoms with Crippen LogP contribution in [0.5, 0.6) is 0 Å². The number of benzene rings is 1. The number of hydrogen-bond donors (Lipinski definition) is 1. The number of allylic oxidation sites excluding steroid dienone is 1. The Morgan fingerprint density at radius 2 is 2.12 bits per heavy atom. The number of rotatable bonds is 1. The van der Waals surface area contributed by atoms with E-state index in [1.807, 2.05) is 24.3 Å². The molecule has 4 nitrogen and oxygen atoms in total. The number of hydrogen-bond acceptors (Lipinski definition) is 2. The molecule has 0 unspecified atom stereocenters. The van der Waals surface area contributed by atoms with Crippen LogP contribution in [0.15, 0.2) is 36.4 Å². The van der Waals surface area contributed by atoms with Crippen molar-refractivity contribution >= 4 is 17.5 Å². The van der Waals surface area contributed by atoms with Crippen LogP contribution in [0.25, 0.3) is 0 Å². The molecule has 1 aliphatic heterocycles. The summed E-state index contributed by atoms with van der Waals surface area (Å²) in [6.45, 7) is 2.33. The van der Waals surface area contributed by atoms with Gasteiger partial charge in [-0.1, -0.05) is 24.3 Å². The highest BCUT2D eigenvalue weighted by molar-refractivity contribution is 5.98. The zero-order valence-electron chi connectivity index (χ0n) is 9.64. The Kier molecular flexibility index (Phi) is 3.23. The minimum absolute atomic E-state index is 0.0951. The summed E-state index contributed by atoms with van der Waals surface area (Å²) in [4.78, 5) is 24.9. The summed E-state index contributed by atoms with van der Waals surface area (Å²) in [6.07, 6.45) is 3.15. The lowest BCUT2D eigenvalue weighted by atomic mass is 10.1. The van der Waals surface area contributed by atoms with E-state index >= 15 is 0 Å². The molecule has 88 valence electrons. The van der Waals surface area contributed by atoms with E-state index in [0.717, 1.165) is 11.3 Å². The third kappa shape index (κ3) is 2.53. The number of fused-ring (bicyclic) bond motifs is 1. The van der Waals surface area contributed by atoms with Crippen LogP contribution in [0.4, 0.5) is 5.69 Å². The molecule has 4 heteroatoms.